The summed E-state index contributed by atoms with van der Waals surface area (Å²) in [5.74, 6) is 0.228. The maximum atomic E-state index is 12.6. The van der Waals surface area contributed by atoms with Crippen LogP contribution in [0.3, 0.4) is 0 Å². The smallest absolute Gasteiger partial charge is 0.227 e. The minimum Gasteiger partial charge on any atom is -0.353 e. The van der Waals surface area contributed by atoms with E-state index in [9.17, 15) is 4.79 Å². The van der Waals surface area contributed by atoms with Crippen LogP contribution in [0.25, 0.3) is 0 Å². The van der Waals surface area contributed by atoms with Crippen molar-refractivity contribution in [2.75, 3.05) is 26.7 Å². The summed E-state index contributed by atoms with van der Waals surface area (Å²) in [5.41, 5.74) is 5.69. The molecule has 2 aliphatic rings. The molecule has 0 radical (unpaired) electrons. The molecule has 110 valence electrons. The van der Waals surface area contributed by atoms with Crippen molar-refractivity contribution in [3.63, 3.8) is 0 Å². The van der Waals surface area contributed by atoms with Gasteiger partial charge in [-0.1, -0.05) is 25.7 Å². The topological polar surface area (TPSA) is 58.4 Å². The van der Waals surface area contributed by atoms with Gasteiger partial charge >= 0.3 is 0 Å². The highest BCUT2D eigenvalue weighted by Gasteiger charge is 2.38. The number of nitrogens with two attached hydrogens (primary N) is 1. The summed E-state index contributed by atoms with van der Waals surface area (Å²) >= 11 is 0. The lowest BCUT2D eigenvalue weighted by Crippen LogP contribution is -2.51. The molecule has 1 heterocycles. The molecule has 0 bridgehead atoms. The van der Waals surface area contributed by atoms with E-state index in [1.807, 2.05) is 0 Å². The SMILES string of the molecule is CN1CCC(NC(=O)C2(CN)CCCCCC2)CC1. The lowest BCUT2D eigenvalue weighted by molar-refractivity contribution is -0.132. The fourth-order valence-electron chi connectivity index (χ4n) is 3.42. The maximum Gasteiger partial charge on any atom is 0.227 e. The summed E-state index contributed by atoms with van der Waals surface area (Å²) < 4.78 is 0. The third kappa shape index (κ3) is 3.69. The molecule has 0 unspecified atom stereocenters. The van der Waals surface area contributed by atoms with E-state index in [1.54, 1.807) is 0 Å². The molecule has 19 heavy (non-hydrogen) atoms. The predicted octanol–water partition coefficient (Wildman–Crippen LogP) is 1.50. The van der Waals surface area contributed by atoms with Crippen molar-refractivity contribution in [1.29, 1.82) is 0 Å². The van der Waals surface area contributed by atoms with Gasteiger partial charge in [0.1, 0.15) is 0 Å². The van der Waals surface area contributed by atoms with Gasteiger partial charge in [-0.3, -0.25) is 4.79 Å². The minimum absolute atomic E-state index is 0.228. The Labute approximate surface area is 117 Å². The molecule has 2 fully saturated rings. The molecule has 0 aromatic heterocycles. The highest BCUT2D eigenvalue weighted by molar-refractivity contribution is 5.83. The van der Waals surface area contributed by atoms with Gasteiger partial charge in [-0.05, 0) is 45.8 Å². The Kier molecular flexibility index (Phi) is 5.22. The highest BCUT2D eigenvalue weighted by atomic mass is 16.2. The monoisotopic (exact) mass is 267 g/mol. The fourth-order valence-corrected chi connectivity index (χ4v) is 3.42. The lowest BCUT2D eigenvalue weighted by atomic mass is 9.79. The van der Waals surface area contributed by atoms with Crippen LogP contribution in [0.4, 0.5) is 0 Å². The first-order valence-corrected chi connectivity index (χ1v) is 7.86. The average Bonchev–Trinajstić information content (AvgIpc) is 2.67. The van der Waals surface area contributed by atoms with Crippen LogP contribution in [-0.4, -0.2) is 43.5 Å². The zero-order valence-electron chi connectivity index (χ0n) is 12.3. The Morgan fingerprint density at radius 2 is 1.79 bits per heavy atom. The molecule has 1 aliphatic carbocycles. The van der Waals surface area contributed by atoms with E-state index in [0.29, 0.717) is 12.6 Å². The van der Waals surface area contributed by atoms with Crippen molar-refractivity contribution in [3.05, 3.63) is 0 Å². The molecule has 1 aliphatic heterocycles. The first-order valence-electron chi connectivity index (χ1n) is 7.86. The standard InChI is InChI=1S/C15H29N3O/c1-18-10-6-13(7-11-18)17-14(19)15(12-16)8-4-2-3-5-9-15/h13H,2-12,16H2,1H3,(H,17,19). The Morgan fingerprint density at radius 3 is 2.32 bits per heavy atom. The van der Waals surface area contributed by atoms with Crippen molar-refractivity contribution in [2.45, 2.75) is 57.4 Å². The van der Waals surface area contributed by atoms with Crippen LogP contribution < -0.4 is 11.1 Å². The van der Waals surface area contributed by atoms with Crippen LogP contribution in [0, 0.1) is 5.41 Å². The van der Waals surface area contributed by atoms with Crippen molar-refractivity contribution >= 4 is 5.91 Å². The first-order chi connectivity index (χ1) is 9.16. The van der Waals surface area contributed by atoms with Crippen molar-refractivity contribution < 1.29 is 4.79 Å². The van der Waals surface area contributed by atoms with E-state index in [2.05, 4.69) is 17.3 Å². The number of piperidine rings is 1. The summed E-state index contributed by atoms with van der Waals surface area (Å²) in [5, 5.41) is 3.28. The summed E-state index contributed by atoms with van der Waals surface area (Å²) in [6, 6.07) is 0.357. The number of amides is 1. The number of nitrogens with zero attached hydrogens (tertiary/aromatic N) is 1. The van der Waals surface area contributed by atoms with E-state index in [0.717, 1.165) is 51.6 Å². The molecule has 0 atom stereocenters. The third-order valence-electron chi connectivity index (χ3n) is 4.99. The number of nitrogens with one attached hydrogen (secondary N) is 1. The van der Waals surface area contributed by atoms with E-state index in [4.69, 9.17) is 5.73 Å². The normalized spacial score (nSPS) is 25.8. The molecule has 1 saturated carbocycles. The first kappa shape index (κ1) is 14.8. The van der Waals surface area contributed by atoms with Gasteiger partial charge in [0.15, 0.2) is 0 Å². The molecular weight excluding hydrogens is 238 g/mol. The van der Waals surface area contributed by atoms with Crippen LogP contribution in [-0.2, 0) is 4.79 Å². The zero-order chi connectivity index (χ0) is 13.7. The fraction of sp³-hybridized carbons (Fsp3) is 0.933. The van der Waals surface area contributed by atoms with E-state index < -0.39 is 0 Å². The maximum absolute atomic E-state index is 12.6. The van der Waals surface area contributed by atoms with Crippen molar-refractivity contribution in [3.8, 4) is 0 Å². The summed E-state index contributed by atoms with van der Waals surface area (Å²) in [4.78, 5) is 15.0. The van der Waals surface area contributed by atoms with Gasteiger partial charge in [0.05, 0.1) is 5.41 Å². The van der Waals surface area contributed by atoms with Crippen LogP contribution in [0.5, 0.6) is 0 Å². The molecule has 0 aromatic rings. The predicted molar refractivity (Wildman–Crippen MR) is 77.9 cm³/mol. The van der Waals surface area contributed by atoms with Crippen LogP contribution in [0.2, 0.25) is 0 Å². The van der Waals surface area contributed by atoms with Crippen LogP contribution in [0.1, 0.15) is 51.4 Å². The van der Waals surface area contributed by atoms with Crippen molar-refractivity contribution in [2.24, 2.45) is 11.1 Å². The summed E-state index contributed by atoms with van der Waals surface area (Å²) in [7, 11) is 2.14. The molecular formula is C15H29N3O. The summed E-state index contributed by atoms with van der Waals surface area (Å²) in [6.07, 6.45) is 8.90. The number of rotatable bonds is 3. The van der Waals surface area contributed by atoms with Gasteiger partial charge in [-0.25, -0.2) is 0 Å². The van der Waals surface area contributed by atoms with E-state index >= 15 is 0 Å². The Bertz CT molecular complexity index is 290. The van der Waals surface area contributed by atoms with Crippen LogP contribution in [0.15, 0.2) is 0 Å². The minimum atomic E-state index is -0.278. The molecule has 1 saturated heterocycles. The highest BCUT2D eigenvalue weighted by Crippen LogP contribution is 2.34. The van der Waals surface area contributed by atoms with Gasteiger partial charge in [0.2, 0.25) is 5.91 Å². The van der Waals surface area contributed by atoms with Gasteiger partial charge in [0, 0.05) is 12.6 Å². The van der Waals surface area contributed by atoms with E-state index in [1.165, 1.54) is 12.8 Å². The Morgan fingerprint density at radius 1 is 1.21 bits per heavy atom. The van der Waals surface area contributed by atoms with Gasteiger partial charge in [0.25, 0.3) is 0 Å². The lowest BCUT2D eigenvalue weighted by Gasteiger charge is -2.35. The number of hydrogen-bond donors (Lipinski definition) is 2. The van der Waals surface area contributed by atoms with Gasteiger partial charge in [-0.15, -0.1) is 0 Å². The Balaban J connectivity index is 1.92. The molecule has 3 N–H and O–H groups in total. The second-order valence-electron chi connectivity index (χ2n) is 6.45. The molecule has 0 aromatic carbocycles. The average molecular weight is 267 g/mol. The molecule has 1 amide bonds. The second kappa shape index (κ2) is 6.71. The number of hydrogen-bond acceptors (Lipinski definition) is 3. The molecule has 4 nitrogen and oxygen atoms in total. The largest absolute Gasteiger partial charge is 0.353 e. The molecule has 0 spiro atoms. The molecule has 4 heteroatoms. The molecule has 2 rings (SSSR count). The quantitative estimate of drug-likeness (QED) is 0.762. The third-order valence-corrected chi connectivity index (χ3v) is 4.99. The van der Waals surface area contributed by atoms with Crippen molar-refractivity contribution in [1.82, 2.24) is 10.2 Å². The van der Waals surface area contributed by atoms with Gasteiger partial charge in [-0.2, -0.15) is 0 Å². The van der Waals surface area contributed by atoms with E-state index in [-0.39, 0.29) is 11.3 Å². The number of carbonyl (C=O) groups is 1. The summed E-state index contributed by atoms with van der Waals surface area (Å²) in [6.45, 7) is 2.67. The van der Waals surface area contributed by atoms with Crippen LogP contribution >= 0.6 is 0 Å². The number of likely N-dealkylation sites (tertiary alicyclic amines) is 1. The van der Waals surface area contributed by atoms with Gasteiger partial charge < -0.3 is 16.0 Å². The Hall–Kier alpha value is -0.610. The number of carbonyl (C=O) groups excluding carboxylic acids is 1. The second-order valence-corrected chi connectivity index (χ2v) is 6.45. The zero-order valence-corrected chi connectivity index (χ0v) is 12.3.